The number of nitrogens with one attached hydrogen (secondary N) is 1. The van der Waals surface area contributed by atoms with Crippen molar-refractivity contribution < 1.29 is 14.2 Å². The first-order valence-electron chi connectivity index (χ1n) is 8.57. The van der Waals surface area contributed by atoms with E-state index in [9.17, 15) is 0 Å². The van der Waals surface area contributed by atoms with E-state index in [0.29, 0.717) is 12.1 Å². The predicted molar refractivity (Wildman–Crippen MR) is 90.2 cm³/mol. The second-order valence-corrected chi connectivity index (χ2v) is 6.35. The van der Waals surface area contributed by atoms with E-state index in [0.717, 1.165) is 49.9 Å². The molecule has 1 unspecified atom stereocenters. The summed E-state index contributed by atoms with van der Waals surface area (Å²) in [5, 5.41) is 3.68. The van der Waals surface area contributed by atoms with Crippen molar-refractivity contribution in [3.05, 3.63) is 23.8 Å². The average Bonchev–Trinajstić information content (AvgIpc) is 3.14. The van der Waals surface area contributed by atoms with Gasteiger partial charge in [0.2, 0.25) is 0 Å². The van der Waals surface area contributed by atoms with Crippen LogP contribution < -0.4 is 14.8 Å². The maximum absolute atomic E-state index is 5.51. The highest BCUT2D eigenvalue weighted by Crippen LogP contribution is 2.28. The Morgan fingerprint density at radius 3 is 2.39 bits per heavy atom. The fourth-order valence-electron chi connectivity index (χ4n) is 3.63. The van der Waals surface area contributed by atoms with Crippen LogP contribution in [0.3, 0.4) is 0 Å². The second kappa shape index (κ2) is 7.99. The number of methoxy groups -OCH3 is 2. The van der Waals surface area contributed by atoms with Gasteiger partial charge in [0, 0.05) is 43.9 Å². The first-order valence-corrected chi connectivity index (χ1v) is 8.57. The largest absolute Gasteiger partial charge is 0.496 e. The Morgan fingerprint density at radius 1 is 1.13 bits per heavy atom. The monoisotopic (exact) mass is 320 g/mol. The molecule has 0 aromatic heterocycles. The minimum absolute atomic E-state index is 0.559. The molecule has 2 fully saturated rings. The number of rotatable bonds is 6. The standard InChI is InChI=1S/C18H28N2O3/c1-21-17-4-3-5-18(22-2)16(17)12-19-14-6-9-20(10-7-14)15-8-11-23-13-15/h3-5,14-15,19H,6-13H2,1-2H3. The Balaban J connectivity index is 1.52. The maximum Gasteiger partial charge on any atom is 0.127 e. The summed E-state index contributed by atoms with van der Waals surface area (Å²) >= 11 is 0. The molecule has 128 valence electrons. The number of nitrogens with zero attached hydrogens (tertiary/aromatic N) is 1. The average molecular weight is 320 g/mol. The second-order valence-electron chi connectivity index (χ2n) is 6.35. The zero-order valence-corrected chi connectivity index (χ0v) is 14.2. The number of benzene rings is 1. The predicted octanol–water partition coefficient (Wildman–Crippen LogP) is 2.05. The Morgan fingerprint density at radius 2 is 1.83 bits per heavy atom. The highest BCUT2D eigenvalue weighted by molar-refractivity contribution is 5.44. The van der Waals surface area contributed by atoms with Gasteiger partial charge in [-0.15, -0.1) is 0 Å². The molecule has 1 N–H and O–H groups in total. The molecule has 3 rings (SSSR count). The van der Waals surface area contributed by atoms with Gasteiger partial charge in [-0.2, -0.15) is 0 Å². The first-order chi connectivity index (χ1) is 11.3. The maximum atomic E-state index is 5.51. The normalized spacial score (nSPS) is 23.1. The van der Waals surface area contributed by atoms with Crippen LogP contribution in [0.15, 0.2) is 18.2 Å². The Kier molecular flexibility index (Phi) is 5.75. The number of piperidine rings is 1. The summed E-state index contributed by atoms with van der Waals surface area (Å²) in [4.78, 5) is 2.59. The quantitative estimate of drug-likeness (QED) is 0.869. The molecule has 2 aliphatic heterocycles. The van der Waals surface area contributed by atoms with Gasteiger partial charge in [0.1, 0.15) is 11.5 Å². The van der Waals surface area contributed by atoms with E-state index in [1.807, 2.05) is 18.2 Å². The summed E-state index contributed by atoms with van der Waals surface area (Å²) in [6.07, 6.45) is 3.57. The van der Waals surface area contributed by atoms with Crippen molar-refractivity contribution >= 4 is 0 Å². The smallest absolute Gasteiger partial charge is 0.127 e. The van der Waals surface area contributed by atoms with E-state index in [1.165, 1.54) is 19.3 Å². The van der Waals surface area contributed by atoms with Gasteiger partial charge >= 0.3 is 0 Å². The van der Waals surface area contributed by atoms with Crippen LogP contribution in [0.2, 0.25) is 0 Å². The van der Waals surface area contributed by atoms with Crippen LogP contribution in [0, 0.1) is 0 Å². The molecular formula is C18H28N2O3. The van der Waals surface area contributed by atoms with E-state index in [4.69, 9.17) is 14.2 Å². The van der Waals surface area contributed by atoms with E-state index in [2.05, 4.69) is 10.2 Å². The number of hydrogen-bond donors (Lipinski definition) is 1. The van der Waals surface area contributed by atoms with Crippen molar-refractivity contribution in [2.24, 2.45) is 0 Å². The van der Waals surface area contributed by atoms with Gasteiger partial charge in [-0.25, -0.2) is 0 Å². The minimum atomic E-state index is 0.559. The fourth-order valence-corrected chi connectivity index (χ4v) is 3.63. The Labute approximate surface area is 138 Å². The third kappa shape index (κ3) is 3.97. The molecule has 1 atom stereocenters. The van der Waals surface area contributed by atoms with Crippen LogP contribution in [0.4, 0.5) is 0 Å². The third-order valence-corrected chi connectivity index (χ3v) is 5.05. The topological polar surface area (TPSA) is 43.0 Å². The molecule has 5 nitrogen and oxygen atoms in total. The van der Waals surface area contributed by atoms with Crippen LogP contribution in [0.25, 0.3) is 0 Å². The van der Waals surface area contributed by atoms with Crippen molar-refractivity contribution in [3.63, 3.8) is 0 Å². The third-order valence-electron chi connectivity index (χ3n) is 5.05. The van der Waals surface area contributed by atoms with Crippen molar-refractivity contribution in [2.45, 2.75) is 37.9 Å². The van der Waals surface area contributed by atoms with Crippen LogP contribution in [0.1, 0.15) is 24.8 Å². The lowest BCUT2D eigenvalue weighted by Crippen LogP contribution is -2.46. The molecule has 0 amide bonds. The molecule has 23 heavy (non-hydrogen) atoms. The van der Waals surface area contributed by atoms with E-state index in [-0.39, 0.29) is 0 Å². The molecule has 0 aliphatic carbocycles. The number of likely N-dealkylation sites (tertiary alicyclic amines) is 1. The molecule has 0 spiro atoms. The zero-order valence-electron chi connectivity index (χ0n) is 14.2. The number of hydrogen-bond acceptors (Lipinski definition) is 5. The molecule has 2 heterocycles. The lowest BCUT2D eigenvalue weighted by atomic mass is 10.0. The lowest BCUT2D eigenvalue weighted by Gasteiger charge is -2.35. The highest BCUT2D eigenvalue weighted by atomic mass is 16.5. The molecule has 2 saturated heterocycles. The molecular weight excluding hydrogens is 292 g/mol. The van der Waals surface area contributed by atoms with Crippen molar-refractivity contribution in [2.75, 3.05) is 40.5 Å². The van der Waals surface area contributed by atoms with Gasteiger partial charge < -0.3 is 19.5 Å². The Bertz CT molecular complexity index is 473. The van der Waals surface area contributed by atoms with Crippen molar-refractivity contribution in [1.29, 1.82) is 0 Å². The van der Waals surface area contributed by atoms with Gasteiger partial charge in [-0.1, -0.05) is 6.07 Å². The van der Waals surface area contributed by atoms with Crippen molar-refractivity contribution in [3.8, 4) is 11.5 Å². The van der Waals surface area contributed by atoms with Gasteiger partial charge in [0.05, 0.1) is 20.8 Å². The highest BCUT2D eigenvalue weighted by Gasteiger charge is 2.27. The zero-order chi connectivity index (χ0) is 16.1. The van der Waals surface area contributed by atoms with Gasteiger partial charge in [0.15, 0.2) is 0 Å². The first kappa shape index (κ1) is 16.6. The SMILES string of the molecule is COc1cccc(OC)c1CNC1CCN(C2CCOC2)CC1. The summed E-state index contributed by atoms with van der Waals surface area (Å²) in [6.45, 7) is 4.95. The molecule has 0 bridgehead atoms. The lowest BCUT2D eigenvalue weighted by molar-refractivity contribution is 0.117. The fraction of sp³-hybridized carbons (Fsp3) is 0.667. The molecule has 0 radical (unpaired) electrons. The minimum Gasteiger partial charge on any atom is -0.496 e. The molecule has 5 heteroatoms. The summed E-state index contributed by atoms with van der Waals surface area (Å²) in [6, 6.07) is 7.14. The van der Waals surface area contributed by atoms with Crippen molar-refractivity contribution in [1.82, 2.24) is 10.2 Å². The van der Waals surface area contributed by atoms with Crippen LogP contribution in [-0.4, -0.2) is 57.5 Å². The van der Waals surface area contributed by atoms with E-state index < -0.39 is 0 Å². The van der Waals surface area contributed by atoms with Crippen LogP contribution >= 0.6 is 0 Å². The van der Waals surface area contributed by atoms with Gasteiger partial charge in [-0.3, -0.25) is 4.90 Å². The Hall–Kier alpha value is -1.30. The van der Waals surface area contributed by atoms with Gasteiger partial charge in [0.25, 0.3) is 0 Å². The van der Waals surface area contributed by atoms with Crippen LogP contribution in [0.5, 0.6) is 11.5 Å². The van der Waals surface area contributed by atoms with E-state index >= 15 is 0 Å². The summed E-state index contributed by atoms with van der Waals surface area (Å²) in [7, 11) is 3.42. The summed E-state index contributed by atoms with van der Waals surface area (Å²) < 4.78 is 16.4. The van der Waals surface area contributed by atoms with Crippen LogP contribution in [-0.2, 0) is 11.3 Å². The summed E-state index contributed by atoms with van der Waals surface area (Å²) in [5.41, 5.74) is 1.10. The van der Waals surface area contributed by atoms with Gasteiger partial charge in [-0.05, 0) is 31.4 Å². The molecule has 1 aromatic carbocycles. The molecule has 1 aromatic rings. The molecule has 2 aliphatic rings. The summed E-state index contributed by atoms with van der Waals surface area (Å²) in [5.74, 6) is 1.77. The number of ether oxygens (including phenoxy) is 3. The van der Waals surface area contributed by atoms with E-state index in [1.54, 1.807) is 14.2 Å². The molecule has 0 saturated carbocycles.